The van der Waals surface area contributed by atoms with Gasteiger partial charge in [-0.3, -0.25) is 4.79 Å². The van der Waals surface area contributed by atoms with Gasteiger partial charge in [-0.1, -0.05) is 67.5 Å². The van der Waals surface area contributed by atoms with Crippen molar-refractivity contribution in [1.82, 2.24) is 0 Å². The zero-order valence-corrected chi connectivity index (χ0v) is 17.2. The van der Waals surface area contributed by atoms with Crippen LogP contribution in [0.1, 0.15) is 0 Å². The lowest BCUT2D eigenvalue weighted by molar-refractivity contribution is -0.158. The molecule has 24 heavy (non-hydrogen) atoms. The summed E-state index contributed by atoms with van der Waals surface area (Å²) in [4.78, 5) is 33.6. The molecule has 132 valence electrons. The van der Waals surface area contributed by atoms with Crippen LogP contribution in [0, 0.1) is 5.92 Å². The van der Waals surface area contributed by atoms with Crippen LogP contribution in [-0.2, 0) is 28.6 Å². The molecule has 0 bridgehead atoms. The maximum absolute atomic E-state index is 12.2. The molecule has 0 amide bonds. The van der Waals surface area contributed by atoms with E-state index in [0.717, 1.165) is 18.4 Å². The van der Waals surface area contributed by atoms with Gasteiger partial charge in [-0.05, 0) is 0 Å². The normalized spacial score (nSPS) is 32.1. The second kappa shape index (κ2) is 9.53. The van der Waals surface area contributed by atoms with Crippen molar-refractivity contribution < 1.29 is 28.6 Å². The third-order valence-corrected chi connectivity index (χ3v) is 6.47. The molecule has 0 N–H and O–H groups in total. The van der Waals surface area contributed by atoms with Crippen molar-refractivity contribution in [2.24, 2.45) is 5.92 Å². The summed E-state index contributed by atoms with van der Waals surface area (Å²) in [5, 5.41) is 0. The Morgan fingerprint density at radius 2 is 1.21 bits per heavy atom. The van der Waals surface area contributed by atoms with E-state index < -0.39 is 50.5 Å². The Morgan fingerprint density at radius 3 is 1.54 bits per heavy atom. The van der Waals surface area contributed by atoms with Crippen molar-refractivity contribution in [2.75, 3.05) is 0 Å². The molecule has 0 aliphatic heterocycles. The molecule has 1 aliphatic carbocycles. The lowest BCUT2D eigenvalue weighted by atomic mass is 9.84. The van der Waals surface area contributed by atoms with Crippen molar-refractivity contribution in [1.29, 1.82) is 0 Å². The molecule has 4 unspecified atom stereocenters. The highest BCUT2D eigenvalue weighted by Crippen LogP contribution is 2.42. The van der Waals surface area contributed by atoms with Gasteiger partial charge in [0.2, 0.25) is 0 Å². The largest absolute Gasteiger partial charge is 0.457 e. The van der Waals surface area contributed by atoms with Gasteiger partial charge in [-0.2, -0.15) is 0 Å². The summed E-state index contributed by atoms with van der Waals surface area (Å²) in [5.74, 6) is -2.78. The summed E-state index contributed by atoms with van der Waals surface area (Å²) in [7, 11) is 0. The van der Waals surface area contributed by atoms with E-state index in [0.29, 0.717) is 0 Å². The highest BCUT2D eigenvalue weighted by atomic mass is 79.9. The van der Waals surface area contributed by atoms with Crippen LogP contribution >= 0.6 is 47.8 Å². The van der Waals surface area contributed by atoms with E-state index in [4.69, 9.17) is 14.2 Å². The molecular formula is C15H15Br3O6. The number of carbonyl (C=O) groups excluding carboxylic acids is 3. The van der Waals surface area contributed by atoms with E-state index in [1.807, 2.05) is 0 Å². The second-order valence-electron chi connectivity index (χ2n) is 4.67. The predicted molar refractivity (Wildman–Crippen MR) is 98.1 cm³/mol. The number of halogens is 3. The molecule has 0 saturated heterocycles. The summed E-state index contributed by atoms with van der Waals surface area (Å²) in [6.45, 7) is 10.0. The average Bonchev–Trinajstić information content (AvgIpc) is 2.55. The number of hydrogen-bond acceptors (Lipinski definition) is 6. The van der Waals surface area contributed by atoms with Gasteiger partial charge in [0.15, 0.2) is 0 Å². The molecule has 9 heteroatoms. The minimum atomic E-state index is -0.825. The van der Waals surface area contributed by atoms with Crippen LogP contribution in [0.2, 0.25) is 0 Å². The molecule has 0 aromatic rings. The summed E-state index contributed by atoms with van der Waals surface area (Å²) in [6.07, 6.45) is 1.35. The fraction of sp³-hybridized carbons (Fsp3) is 0.400. The van der Waals surface area contributed by atoms with E-state index in [-0.39, 0.29) is 0 Å². The first-order chi connectivity index (χ1) is 11.3. The van der Waals surface area contributed by atoms with Gasteiger partial charge in [-0.15, -0.1) is 0 Å². The number of rotatable bonds is 6. The molecule has 0 heterocycles. The van der Waals surface area contributed by atoms with Crippen LogP contribution in [-0.4, -0.2) is 44.6 Å². The fourth-order valence-electron chi connectivity index (χ4n) is 2.17. The molecular weight excluding hydrogens is 516 g/mol. The monoisotopic (exact) mass is 528 g/mol. The van der Waals surface area contributed by atoms with Gasteiger partial charge in [0.05, 0.1) is 26.7 Å². The Hall–Kier alpha value is -0.930. The molecule has 1 saturated carbocycles. The fourth-order valence-corrected chi connectivity index (χ4v) is 6.23. The van der Waals surface area contributed by atoms with Crippen molar-refractivity contribution in [3.05, 3.63) is 38.2 Å². The number of alkyl halides is 3. The molecule has 0 spiro atoms. The highest BCUT2D eigenvalue weighted by Gasteiger charge is 2.54. The molecule has 0 aromatic carbocycles. The first-order valence-corrected chi connectivity index (χ1v) is 9.42. The van der Waals surface area contributed by atoms with E-state index in [9.17, 15) is 14.4 Å². The lowest BCUT2D eigenvalue weighted by Crippen LogP contribution is -2.59. The Kier molecular flexibility index (Phi) is 8.38. The van der Waals surface area contributed by atoms with Crippen LogP contribution < -0.4 is 0 Å². The summed E-state index contributed by atoms with van der Waals surface area (Å²) < 4.78 is 15.4. The van der Waals surface area contributed by atoms with Crippen LogP contribution in [0.5, 0.6) is 0 Å². The minimum Gasteiger partial charge on any atom is -0.457 e. The first-order valence-electron chi connectivity index (χ1n) is 6.68. The van der Waals surface area contributed by atoms with Gasteiger partial charge in [0, 0.05) is 12.2 Å². The van der Waals surface area contributed by atoms with Crippen molar-refractivity contribution in [3.63, 3.8) is 0 Å². The number of esters is 3. The van der Waals surface area contributed by atoms with Crippen molar-refractivity contribution >= 4 is 65.7 Å². The first kappa shape index (κ1) is 21.1. The molecule has 4 atom stereocenters. The van der Waals surface area contributed by atoms with Crippen LogP contribution in [0.25, 0.3) is 0 Å². The van der Waals surface area contributed by atoms with Crippen LogP contribution in [0.4, 0.5) is 0 Å². The number of carbonyl (C=O) groups is 3. The molecule has 0 radical (unpaired) electrons. The smallest absolute Gasteiger partial charge is 0.330 e. The number of hydrogen-bond donors (Lipinski definition) is 0. The molecule has 6 nitrogen and oxygen atoms in total. The zero-order chi connectivity index (χ0) is 18.4. The molecule has 1 aliphatic rings. The second-order valence-corrected chi connectivity index (χ2v) is 7.85. The van der Waals surface area contributed by atoms with Gasteiger partial charge in [0.25, 0.3) is 0 Å². The molecule has 1 fully saturated rings. The Morgan fingerprint density at radius 1 is 0.792 bits per heavy atom. The van der Waals surface area contributed by atoms with E-state index >= 15 is 0 Å². The minimum absolute atomic E-state index is 0.591. The van der Waals surface area contributed by atoms with Gasteiger partial charge >= 0.3 is 17.9 Å². The Labute approximate surface area is 164 Å². The topological polar surface area (TPSA) is 78.9 Å². The predicted octanol–water partition coefficient (Wildman–Crippen LogP) is 2.79. The average molecular weight is 531 g/mol. The number of ether oxygens (including phenoxy) is 3. The highest BCUT2D eigenvalue weighted by molar-refractivity contribution is 9.10. The van der Waals surface area contributed by atoms with E-state index in [1.54, 1.807) is 0 Å². The standard InChI is InChI=1S/C15H15Br3O6/c1-4-7(19)23-13-10(16)9(15(21)22-6-3)11(17)14(12(13)18)24-8(20)5-2/h4-6,9-14H,1-3H2. The summed E-state index contributed by atoms with van der Waals surface area (Å²) in [6, 6.07) is 0. The van der Waals surface area contributed by atoms with Gasteiger partial charge < -0.3 is 14.2 Å². The van der Waals surface area contributed by atoms with Gasteiger partial charge in [0.1, 0.15) is 12.2 Å². The third-order valence-electron chi connectivity index (χ3n) is 3.25. The maximum atomic E-state index is 12.2. The van der Waals surface area contributed by atoms with Gasteiger partial charge in [-0.25, -0.2) is 9.59 Å². The molecule has 0 aromatic heterocycles. The van der Waals surface area contributed by atoms with Crippen molar-refractivity contribution in [2.45, 2.75) is 26.7 Å². The van der Waals surface area contributed by atoms with Crippen LogP contribution in [0.3, 0.4) is 0 Å². The van der Waals surface area contributed by atoms with E-state index in [2.05, 4.69) is 67.5 Å². The maximum Gasteiger partial charge on any atom is 0.330 e. The van der Waals surface area contributed by atoms with Crippen molar-refractivity contribution in [3.8, 4) is 0 Å². The third kappa shape index (κ3) is 4.80. The Bertz CT molecular complexity index is 513. The molecule has 1 rings (SSSR count). The lowest BCUT2D eigenvalue weighted by Gasteiger charge is -2.43. The Balaban J connectivity index is 3.19. The summed E-state index contributed by atoms with van der Waals surface area (Å²) in [5.41, 5.74) is 0. The van der Waals surface area contributed by atoms with Crippen LogP contribution in [0.15, 0.2) is 38.2 Å². The zero-order valence-electron chi connectivity index (χ0n) is 12.4. The van der Waals surface area contributed by atoms with E-state index in [1.165, 1.54) is 0 Å². The quantitative estimate of drug-likeness (QED) is 0.173. The SMILES string of the molecule is C=COC(=O)C1C(Br)C(OC(=O)C=C)C(Br)C(OC(=O)C=C)C1Br. The summed E-state index contributed by atoms with van der Waals surface area (Å²) >= 11 is 10.1.